The maximum absolute atomic E-state index is 12.3. The van der Waals surface area contributed by atoms with Crippen molar-refractivity contribution in [1.82, 2.24) is 9.88 Å². The van der Waals surface area contributed by atoms with E-state index in [9.17, 15) is 14.4 Å². The summed E-state index contributed by atoms with van der Waals surface area (Å²) < 4.78 is 15.4. The van der Waals surface area contributed by atoms with E-state index in [1.807, 2.05) is 54.6 Å². The van der Waals surface area contributed by atoms with Gasteiger partial charge in [0.2, 0.25) is 0 Å². The van der Waals surface area contributed by atoms with E-state index in [1.165, 1.54) is 12.0 Å². The molecule has 2 N–H and O–H groups in total. The van der Waals surface area contributed by atoms with Crippen LogP contribution >= 0.6 is 0 Å². The van der Waals surface area contributed by atoms with Gasteiger partial charge in [0, 0.05) is 30.7 Å². The average molecular weight is 525 g/mol. The number of nitrogens with zero attached hydrogens (tertiary/aromatic N) is 1. The first-order chi connectivity index (χ1) is 18.1. The highest BCUT2D eigenvalue weighted by atomic mass is 16.6. The second-order valence-electron chi connectivity index (χ2n) is 9.91. The summed E-state index contributed by atoms with van der Waals surface area (Å²) in [6.45, 7) is 6.50. The molecule has 2 aromatic carbocycles. The summed E-state index contributed by atoms with van der Waals surface area (Å²) in [6, 6.07) is 16.5. The van der Waals surface area contributed by atoms with Gasteiger partial charge in [0.15, 0.2) is 0 Å². The van der Waals surface area contributed by atoms with E-state index in [0.717, 1.165) is 22.9 Å². The highest BCUT2D eigenvalue weighted by Crippen LogP contribution is 2.24. The van der Waals surface area contributed by atoms with Crippen molar-refractivity contribution in [3.8, 4) is 16.9 Å². The number of pyridine rings is 1. The molecule has 2 heterocycles. The van der Waals surface area contributed by atoms with Crippen LogP contribution in [0.4, 0.5) is 4.79 Å². The largest absolute Gasteiger partial charge is 0.493 e. The Morgan fingerprint density at radius 2 is 1.87 bits per heavy atom. The fourth-order valence-electron chi connectivity index (χ4n) is 4.06. The van der Waals surface area contributed by atoms with Crippen molar-refractivity contribution >= 4 is 23.0 Å². The van der Waals surface area contributed by atoms with Gasteiger partial charge in [0.1, 0.15) is 17.4 Å². The van der Waals surface area contributed by atoms with Crippen molar-refractivity contribution in [2.24, 2.45) is 0 Å². The van der Waals surface area contributed by atoms with E-state index in [0.29, 0.717) is 37.3 Å². The van der Waals surface area contributed by atoms with Gasteiger partial charge in [-0.3, -0.25) is 9.69 Å². The Balaban J connectivity index is 0.000000223. The quantitative estimate of drug-likeness (QED) is 0.360. The molecule has 1 aliphatic heterocycles. The number of aliphatic hydroxyl groups excluding tert-OH is 1. The van der Waals surface area contributed by atoms with Crippen LogP contribution in [0.2, 0.25) is 0 Å². The Kier molecular flexibility index (Phi) is 9.90. The van der Waals surface area contributed by atoms with Gasteiger partial charge in [-0.05, 0) is 68.8 Å². The molecule has 0 bridgehead atoms. The molecule has 0 spiro atoms. The van der Waals surface area contributed by atoms with Crippen LogP contribution in [0.25, 0.3) is 22.0 Å². The van der Waals surface area contributed by atoms with Gasteiger partial charge in [0.25, 0.3) is 5.56 Å². The number of fused-ring (bicyclic) bond motifs is 1. The number of hydrogen-bond donors (Lipinski definition) is 2. The van der Waals surface area contributed by atoms with Crippen LogP contribution in [-0.2, 0) is 14.3 Å². The normalized spacial score (nSPS) is 15.0. The summed E-state index contributed by atoms with van der Waals surface area (Å²) in [4.78, 5) is 39.8. The Labute approximate surface area is 222 Å². The van der Waals surface area contributed by atoms with Crippen molar-refractivity contribution in [1.29, 1.82) is 0 Å². The summed E-state index contributed by atoms with van der Waals surface area (Å²) >= 11 is 0. The molecule has 4 rings (SSSR count). The molecule has 1 aromatic heterocycles. The molecule has 1 fully saturated rings. The molecule has 1 saturated heterocycles. The molecule has 3 aromatic rings. The lowest BCUT2D eigenvalue weighted by atomic mass is 10.0. The molecular weight excluding hydrogens is 488 g/mol. The molecule has 0 radical (unpaired) electrons. The summed E-state index contributed by atoms with van der Waals surface area (Å²) in [7, 11) is 1.33. The molecule has 0 aliphatic carbocycles. The molecular formula is C29H36N2O7. The number of carbonyl (C=O) groups is 2. The number of hydrogen-bond acceptors (Lipinski definition) is 7. The third kappa shape index (κ3) is 7.82. The molecule has 1 aliphatic rings. The zero-order valence-electron chi connectivity index (χ0n) is 22.4. The first-order valence-corrected chi connectivity index (χ1v) is 12.7. The maximum Gasteiger partial charge on any atom is 0.411 e. The maximum atomic E-state index is 12.3. The van der Waals surface area contributed by atoms with E-state index >= 15 is 0 Å². The Morgan fingerprint density at radius 1 is 1.11 bits per heavy atom. The Bertz CT molecular complexity index is 1300. The van der Waals surface area contributed by atoms with Crippen LogP contribution in [0.5, 0.6) is 5.75 Å². The number of nitrogens with one attached hydrogen (secondary N) is 1. The van der Waals surface area contributed by atoms with E-state index < -0.39 is 17.7 Å². The molecule has 9 heteroatoms. The van der Waals surface area contributed by atoms with Crippen LogP contribution in [0, 0.1) is 0 Å². The second kappa shape index (κ2) is 13.1. The van der Waals surface area contributed by atoms with Gasteiger partial charge in [-0.1, -0.05) is 30.3 Å². The molecule has 38 heavy (non-hydrogen) atoms. The number of ether oxygens (including phenoxy) is 3. The number of aliphatic hydroxyl groups is 1. The van der Waals surface area contributed by atoms with Gasteiger partial charge in [-0.15, -0.1) is 0 Å². The molecule has 1 amide bonds. The molecule has 204 valence electrons. The zero-order valence-corrected chi connectivity index (χ0v) is 22.4. The number of likely N-dealkylation sites (tertiary alicyclic amines) is 1. The highest BCUT2D eigenvalue weighted by molar-refractivity contribution is 5.83. The summed E-state index contributed by atoms with van der Waals surface area (Å²) in [5, 5.41) is 9.78. The van der Waals surface area contributed by atoms with Gasteiger partial charge in [-0.25, -0.2) is 9.59 Å². The van der Waals surface area contributed by atoms with E-state index in [4.69, 9.17) is 14.6 Å². The minimum Gasteiger partial charge on any atom is -0.493 e. The smallest absolute Gasteiger partial charge is 0.411 e. The van der Waals surface area contributed by atoms with E-state index in [-0.39, 0.29) is 18.1 Å². The van der Waals surface area contributed by atoms with Crippen LogP contribution < -0.4 is 10.3 Å². The third-order valence-corrected chi connectivity index (χ3v) is 5.82. The van der Waals surface area contributed by atoms with Gasteiger partial charge < -0.3 is 24.3 Å². The standard InChI is InChI=1S/C18H17NO3.C11H19NO4/c20-9-4-10-22-15-7-3-6-13(11-15)16-12-14-5-1-2-8-17(14)19-18(16)21;1-11(2,3)16-10(14)12-7-5-6-8(12)9(13)15-4/h1-3,5-8,11-12,20H,4,9-10H2,(H,19,21);8H,5-7H2,1-4H3. The lowest BCUT2D eigenvalue weighted by Crippen LogP contribution is -2.43. The number of amides is 1. The molecule has 1 unspecified atom stereocenters. The van der Waals surface area contributed by atoms with Crippen LogP contribution in [0.1, 0.15) is 40.0 Å². The van der Waals surface area contributed by atoms with Crippen LogP contribution in [0.3, 0.4) is 0 Å². The number of aromatic nitrogens is 1. The molecule has 1 atom stereocenters. The number of H-pyrrole nitrogens is 1. The first-order valence-electron chi connectivity index (χ1n) is 12.7. The summed E-state index contributed by atoms with van der Waals surface area (Å²) in [5.41, 5.74) is 1.60. The number of rotatable bonds is 6. The number of carbonyl (C=O) groups excluding carboxylic acids is 2. The minimum atomic E-state index is -0.541. The number of esters is 1. The van der Waals surface area contributed by atoms with Crippen molar-refractivity contribution in [3.05, 3.63) is 65.0 Å². The lowest BCUT2D eigenvalue weighted by molar-refractivity contribution is -0.145. The van der Waals surface area contributed by atoms with E-state index in [2.05, 4.69) is 9.72 Å². The minimum absolute atomic E-state index is 0.101. The Hall–Kier alpha value is -3.85. The first kappa shape index (κ1) is 28.7. The molecule has 0 saturated carbocycles. The van der Waals surface area contributed by atoms with E-state index in [1.54, 1.807) is 20.8 Å². The predicted octanol–water partition coefficient (Wildman–Crippen LogP) is 4.52. The highest BCUT2D eigenvalue weighted by Gasteiger charge is 2.37. The van der Waals surface area contributed by atoms with Crippen molar-refractivity contribution in [3.63, 3.8) is 0 Å². The van der Waals surface area contributed by atoms with Gasteiger partial charge in [0.05, 0.1) is 13.7 Å². The third-order valence-electron chi connectivity index (χ3n) is 5.82. The topological polar surface area (TPSA) is 118 Å². The SMILES string of the molecule is COC(=O)C1CCCN1C(=O)OC(C)(C)C.O=c1[nH]c2ccccc2cc1-c1cccc(OCCCO)c1. The monoisotopic (exact) mass is 524 g/mol. The number of aromatic amines is 1. The predicted molar refractivity (Wildman–Crippen MR) is 145 cm³/mol. The summed E-state index contributed by atoms with van der Waals surface area (Å²) in [5.74, 6) is 0.321. The van der Waals surface area contributed by atoms with Crippen molar-refractivity contribution < 1.29 is 28.9 Å². The van der Waals surface area contributed by atoms with Crippen molar-refractivity contribution in [2.45, 2.75) is 51.7 Å². The fraction of sp³-hybridized carbons (Fsp3) is 0.414. The average Bonchev–Trinajstić information content (AvgIpc) is 3.38. The van der Waals surface area contributed by atoms with Gasteiger partial charge in [-0.2, -0.15) is 0 Å². The van der Waals surface area contributed by atoms with Crippen LogP contribution in [-0.4, -0.2) is 65.6 Å². The van der Waals surface area contributed by atoms with Crippen LogP contribution in [0.15, 0.2) is 59.4 Å². The number of para-hydroxylation sites is 1. The number of benzene rings is 2. The summed E-state index contributed by atoms with van der Waals surface area (Å²) in [6.07, 6.45) is 1.59. The van der Waals surface area contributed by atoms with Gasteiger partial charge >= 0.3 is 12.1 Å². The second-order valence-corrected chi connectivity index (χ2v) is 9.91. The number of methoxy groups -OCH3 is 1. The fourth-order valence-corrected chi connectivity index (χ4v) is 4.06. The zero-order chi connectivity index (χ0) is 27.7. The molecule has 9 nitrogen and oxygen atoms in total. The Morgan fingerprint density at radius 3 is 2.58 bits per heavy atom. The van der Waals surface area contributed by atoms with Crippen molar-refractivity contribution in [2.75, 3.05) is 26.9 Å². The lowest BCUT2D eigenvalue weighted by Gasteiger charge is -2.27.